The molecule has 0 amide bonds. The predicted molar refractivity (Wildman–Crippen MR) is 74.1 cm³/mol. The molecule has 19 heavy (non-hydrogen) atoms. The highest BCUT2D eigenvalue weighted by Gasteiger charge is 2.12. The van der Waals surface area contributed by atoms with Gasteiger partial charge in [-0.3, -0.25) is 0 Å². The lowest BCUT2D eigenvalue weighted by Gasteiger charge is -2.12. The maximum Gasteiger partial charge on any atom is 0.213 e. The van der Waals surface area contributed by atoms with Crippen LogP contribution in [-0.4, -0.2) is 51.4 Å². The van der Waals surface area contributed by atoms with Crippen molar-refractivity contribution in [1.82, 2.24) is 14.7 Å². The zero-order chi connectivity index (χ0) is 14.3. The van der Waals surface area contributed by atoms with E-state index in [0.717, 1.165) is 0 Å². The summed E-state index contributed by atoms with van der Waals surface area (Å²) in [6, 6.07) is 0. The Balaban J connectivity index is 2.68. The molecule has 1 heterocycles. The lowest BCUT2D eigenvalue weighted by atomic mass is 10.4. The molecule has 108 valence electrons. The van der Waals surface area contributed by atoms with E-state index in [4.69, 9.17) is 4.74 Å². The van der Waals surface area contributed by atoms with E-state index < -0.39 is 10.0 Å². The van der Waals surface area contributed by atoms with Gasteiger partial charge in [0.05, 0.1) is 12.9 Å². The van der Waals surface area contributed by atoms with Crippen LogP contribution in [0.5, 0.6) is 5.75 Å². The summed E-state index contributed by atoms with van der Waals surface area (Å²) in [4.78, 5) is 8.02. The second-order valence-corrected chi connectivity index (χ2v) is 5.52. The van der Waals surface area contributed by atoms with E-state index in [1.807, 2.05) is 0 Å². The van der Waals surface area contributed by atoms with Crippen molar-refractivity contribution in [3.63, 3.8) is 0 Å². The standard InChI is InChI=1S/C10H19N5O3S/c1-4-15-19(16,17)6-5-12-10-8(18-3)9(11-2)13-7-14-10/h7,15H,4-6H2,1-3H3,(H2,11,12,13,14). The maximum atomic E-state index is 11.5. The van der Waals surface area contributed by atoms with Gasteiger partial charge in [0.1, 0.15) is 6.33 Å². The van der Waals surface area contributed by atoms with Crippen LogP contribution in [-0.2, 0) is 10.0 Å². The summed E-state index contributed by atoms with van der Waals surface area (Å²) in [5, 5.41) is 5.79. The number of nitrogens with zero attached hydrogens (tertiary/aromatic N) is 2. The number of methoxy groups -OCH3 is 1. The second kappa shape index (κ2) is 7.10. The number of sulfonamides is 1. The van der Waals surface area contributed by atoms with Crippen LogP contribution >= 0.6 is 0 Å². The molecule has 0 spiro atoms. The van der Waals surface area contributed by atoms with Gasteiger partial charge in [-0.15, -0.1) is 0 Å². The minimum Gasteiger partial charge on any atom is -0.490 e. The van der Waals surface area contributed by atoms with Gasteiger partial charge in [-0.2, -0.15) is 0 Å². The van der Waals surface area contributed by atoms with Crippen molar-refractivity contribution in [2.24, 2.45) is 0 Å². The summed E-state index contributed by atoms with van der Waals surface area (Å²) in [6.07, 6.45) is 1.37. The number of ether oxygens (including phenoxy) is 1. The van der Waals surface area contributed by atoms with Gasteiger partial charge in [-0.05, 0) is 0 Å². The Bertz CT molecular complexity index is 506. The number of rotatable bonds is 8. The molecule has 9 heteroatoms. The van der Waals surface area contributed by atoms with E-state index in [1.165, 1.54) is 13.4 Å². The zero-order valence-electron chi connectivity index (χ0n) is 11.2. The van der Waals surface area contributed by atoms with E-state index in [1.54, 1.807) is 14.0 Å². The van der Waals surface area contributed by atoms with Crippen molar-refractivity contribution in [1.29, 1.82) is 0 Å². The third-order valence-corrected chi connectivity index (χ3v) is 3.74. The number of hydrogen-bond acceptors (Lipinski definition) is 7. The summed E-state index contributed by atoms with van der Waals surface area (Å²) in [6.45, 7) is 2.34. The van der Waals surface area contributed by atoms with Gasteiger partial charge < -0.3 is 15.4 Å². The van der Waals surface area contributed by atoms with Crippen LogP contribution in [0.2, 0.25) is 0 Å². The van der Waals surface area contributed by atoms with Gasteiger partial charge in [0.25, 0.3) is 0 Å². The Morgan fingerprint density at radius 2 is 2.00 bits per heavy atom. The first-order chi connectivity index (χ1) is 9.04. The van der Waals surface area contributed by atoms with Gasteiger partial charge in [0, 0.05) is 20.1 Å². The second-order valence-electron chi connectivity index (χ2n) is 3.60. The van der Waals surface area contributed by atoms with Crippen molar-refractivity contribution in [2.75, 3.05) is 43.6 Å². The Labute approximate surface area is 113 Å². The Morgan fingerprint density at radius 1 is 1.32 bits per heavy atom. The maximum absolute atomic E-state index is 11.5. The van der Waals surface area contributed by atoms with Gasteiger partial charge in [0.2, 0.25) is 15.8 Å². The fourth-order valence-electron chi connectivity index (χ4n) is 1.47. The first-order valence-corrected chi connectivity index (χ1v) is 7.47. The highest BCUT2D eigenvalue weighted by atomic mass is 32.2. The van der Waals surface area contributed by atoms with Crippen LogP contribution in [0, 0.1) is 0 Å². The monoisotopic (exact) mass is 289 g/mol. The van der Waals surface area contributed by atoms with Crippen molar-refractivity contribution in [3.05, 3.63) is 6.33 Å². The molecule has 0 bridgehead atoms. The predicted octanol–water partition coefficient (Wildman–Crippen LogP) is -0.122. The smallest absolute Gasteiger partial charge is 0.213 e. The molecule has 0 saturated heterocycles. The summed E-state index contributed by atoms with van der Waals surface area (Å²) < 4.78 is 30.5. The molecular weight excluding hydrogens is 270 g/mol. The van der Waals surface area contributed by atoms with Crippen molar-refractivity contribution >= 4 is 21.7 Å². The van der Waals surface area contributed by atoms with E-state index in [0.29, 0.717) is 23.9 Å². The number of anilines is 2. The van der Waals surface area contributed by atoms with Crippen LogP contribution < -0.4 is 20.1 Å². The molecular formula is C10H19N5O3S. The number of aromatic nitrogens is 2. The SMILES string of the molecule is CCNS(=O)(=O)CCNc1ncnc(NC)c1OC. The molecule has 0 aromatic carbocycles. The molecule has 0 aliphatic carbocycles. The van der Waals surface area contributed by atoms with Gasteiger partial charge >= 0.3 is 0 Å². The molecule has 1 aromatic rings. The zero-order valence-corrected chi connectivity index (χ0v) is 12.0. The van der Waals surface area contributed by atoms with E-state index in [2.05, 4.69) is 25.3 Å². The normalized spacial score (nSPS) is 11.1. The molecule has 0 aliphatic heterocycles. The highest BCUT2D eigenvalue weighted by molar-refractivity contribution is 7.89. The third kappa shape index (κ3) is 4.52. The summed E-state index contributed by atoms with van der Waals surface area (Å²) in [5.74, 6) is 1.40. The van der Waals surface area contributed by atoms with Crippen molar-refractivity contribution in [3.8, 4) is 5.75 Å². The van der Waals surface area contributed by atoms with E-state index >= 15 is 0 Å². The molecule has 1 rings (SSSR count). The van der Waals surface area contributed by atoms with Crippen LogP contribution in [0.1, 0.15) is 6.92 Å². The third-order valence-electron chi connectivity index (χ3n) is 2.27. The molecule has 0 radical (unpaired) electrons. The topological polar surface area (TPSA) is 105 Å². The quantitative estimate of drug-likeness (QED) is 0.612. The molecule has 0 saturated carbocycles. The molecule has 0 unspecified atom stereocenters. The minimum atomic E-state index is -3.25. The fraction of sp³-hybridized carbons (Fsp3) is 0.600. The van der Waals surface area contributed by atoms with Gasteiger partial charge in [-0.25, -0.2) is 23.1 Å². The lowest BCUT2D eigenvalue weighted by Crippen LogP contribution is -2.29. The van der Waals surface area contributed by atoms with E-state index in [9.17, 15) is 8.42 Å². The van der Waals surface area contributed by atoms with Gasteiger partial charge in [-0.1, -0.05) is 6.92 Å². The van der Waals surface area contributed by atoms with Crippen molar-refractivity contribution < 1.29 is 13.2 Å². The molecule has 3 N–H and O–H groups in total. The molecule has 0 fully saturated rings. The largest absolute Gasteiger partial charge is 0.490 e. The Morgan fingerprint density at radius 3 is 2.58 bits per heavy atom. The summed E-state index contributed by atoms with van der Waals surface area (Å²) in [7, 11) is -0.0367. The Kier molecular flexibility index (Phi) is 5.77. The average Bonchev–Trinajstić information content (AvgIpc) is 2.38. The van der Waals surface area contributed by atoms with Crippen LogP contribution in [0.15, 0.2) is 6.33 Å². The van der Waals surface area contributed by atoms with Crippen molar-refractivity contribution in [2.45, 2.75) is 6.92 Å². The summed E-state index contributed by atoms with van der Waals surface area (Å²) >= 11 is 0. The first-order valence-electron chi connectivity index (χ1n) is 5.82. The lowest BCUT2D eigenvalue weighted by molar-refractivity contribution is 0.415. The summed E-state index contributed by atoms with van der Waals surface area (Å²) in [5.41, 5.74) is 0. The van der Waals surface area contributed by atoms with Crippen LogP contribution in [0.3, 0.4) is 0 Å². The van der Waals surface area contributed by atoms with E-state index in [-0.39, 0.29) is 12.3 Å². The van der Waals surface area contributed by atoms with Gasteiger partial charge in [0.15, 0.2) is 11.6 Å². The average molecular weight is 289 g/mol. The fourth-order valence-corrected chi connectivity index (χ4v) is 2.42. The molecule has 0 atom stereocenters. The van der Waals surface area contributed by atoms with Crippen LogP contribution in [0.25, 0.3) is 0 Å². The molecule has 0 aliphatic rings. The minimum absolute atomic E-state index is 0.0388. The highest BCUT2D eigenvalue weighted by Crippen LogP contribution is 2.27. The number of nitrogens with one attached hydrogen (secondary N) is 3. The molecule has 8 nitrogen and oxygen atoms in total. The number of hydrogen-bond donors (Lipinski definition) is 3. The van der Waals surface area contributed by atoms with Crippen LogP contribution in [0.4, 0.5) is 11.6 Å². The Hall–Kier alpha value is -1.61. The first kappa shape index (κ1) is 15.4. The molecule has 1 aromatic heterocycles.